The van der Waals surface area contributed by atoms with Gasteiger partial charge >= 0.3 is 5.97 Å². The Labute approximate surface area is 271 Å². The topological polar surface area (TPSA) is 63.7 Å². The van der Waals surface area contributed by atoms with Crippen molar-refractivity contribution in [3.63, 3.8) is 0 Å². The Morgan fingerprint density at radius 3 is 1.67 bits per heavy atom. The van der Waals surface area contributed by atoms with Gasteiger partial charge in [-0.2, -0.15) is 0 Å². The van der Waals surface area contributed by atoms with Gasteiger partial charge in [-0.05, 0) is 60.5 Å². The lowest BCUT2D eigenvalue weighted by Crippen LogP contribution is -2.60. The van der Waals surface area contributed by atoms with Gasteiger partial charge < -0.3 is 9.64 Å². The Bertz CT molecular complexity index is 1720. The molecule has 6 rings (SSSR count). The molecule has 0 aliphatic carbocycles. The Balaban J connectivity index is 1.46. The van der Waals surface area contributed by atoms with Crippen LogP contribution in [-0.4, -0.2) is 29.4 Å². The van der Waals surface area contributed by atoms with Gasteiger partial charge in [0.25, 0.3) is 11.5 Å². The summed E-state index contributed by atoms with van der Waals surface area (Å²) in [5, 5.41) is 3.05. The fraction of sp³-hybridized carbons (Fsp3) is 0.175. The number of rotatable bonds is 11. The lowest BCUT2D eigenvalue weighted by molar-refractivity contribution is -0.161. The average molecular weight is 627 g/mol. The molecule has 1 heterocycles. The maximum atomic E-state index is 14.7. The van der Waals surface area contributed by atoms with E-state index in [1.807, 2.05) is 97.9 Å². The van der Waals surface area contributed by atoms with E-state index >= 15 is 0 Å². The zero-order valence-corrected chi connectivity index (χ0v) is 26.8. The molecule has 0 fully saturated rings. The molecule has 5 nitrogen and oxygen atoms in total. The van der Waals surface area contributed by atoms with Gasteiger partial charge in [-0.3, -0.25) is 9.59 Å². The number of hydrogen-bond acceptors (Lipinski definition) is 4. The van der Waals surface area contributed by atoms with Crippen molar-refractivity contribution in [2.45, 2.75) is 38.3 Å². The van der Waals surface area contributed by atoms with Gasteiger partial charge in [0.05, 0.1) is 12.2 Å². The van der Waals surface area contributed by atoms with Crippen LogP contribution in [0, 0.1) is 0 Å². The van der Waals surface area contributed by atoms with E-state index in [1.54, 1.807) is 23.1 Å². The average Bonchev–Trinajstić information content (AvgIpc) is 3.12. The summed E-state index contributed by atoms with van der Waals surface area (Å²) in [4.78, 5) is 45.3. The Kier molecular flexibility index (Phi) is 9.23. The summed E-state index contributed by atoms with van der Waals surface area (Å²) in [6.07, 6.45) is 1.39. The number of para-hydroxylation sites is 1. The summed E-state index contributed by atoms with van der Waals surface area (Å²) >= 11 is 0. The number of ketones is 1. The van der Waals surface area contributed by atoms with Crippen molar-refractivity contribution in [3.05, 3.63) is 157 Å². The molecule has 1 aliphatic heterocycles. The van der Waals surface area contributed by atoms with Crippen LogP contribution in [0.1, 0.15) is 42.1 Å². The second-order valence-electron chi connectivity index (χ2n) is 11.6. The van der Waals surface area contributed by atoms with E-state index in [-0.39, 0.29) is 19.1 Å². The van der Waals surface area contributed by atoms with Gasteiger partial charge in [0, 0.05) is 12.0 Å². The van der Waals surface area contributed by atoms with Crippen LogP contribution in [0.5, 0.6) is 0 Å². The van der Waals surface area contributed by atoms with E-state index < -0.39 is 30.5 Å². The molecule has 0 bridgehead atoms. The Morgan fingerprint density at radius 2 is 1.15 bits per heavy atom. The van der Waals surface area contributed by atoms with Gasteiger partial charge in [-0.15, -0.1) is 0 Å². The van der Waals surface area contributed by atoms with E-state index in [4.69, 9.17) is 4.74 Å². The monoisotopic (exact) mass is 626 g/mol. The maximum Gasteiger partial charge on any atom is 0.346 e. The molecule has 1 unspecified atom stereocenters. The van der Waals surface area contributed by atoms with Crippen molar-refractivity contribution in [1.29, 1.82) is 0 Å². The van der Waals surface area contributed by atoms with Crippen molar-refractivity contribution in [2.24, 2.45) is 0 Å². The summed E-state index contributed by atoms with van der Waals surface area (Å²) < 4.78 is 6.40. The van der Waals surface area contributed by atoms with E-state index in [0.29, 0.717) is 17.7 Å². The molecule has 46 heavy (non-hydrogen) atoms. The van der Waals surface area contributed by atoms with Crippen LogP contribution in [0.15, 0.2) is 146 Å². The molecule has 1 amide bonds. The summed E-state index contributed by atoms with van der Waals surface area (Å²) in [6, 6.07) is 46.9. The minimum absolute atomic E-state index is 0.000191. The number of carbonyl (C=O) groups excluding carboxylic acids is 3. The third-order valence-electron chi connectivity index (χ3n) is 8.71. The predicted octanol–water partition coefficient (Wildman–Crippen LogP) is 6.88. The number of amides is 1. The summed E-state index contributed by atoms with van der Waals surface area (Å²) in [7, 11) is -2.62. The summed E-state index contributed by atoms with van der Waals surface area (Å²) in [5.41, 5.74) is -0.130. The zero-order valence-electron chi connectivity index (χ0n) is 25.9. The highest BCUT2D eigenvalue weighted by Gasteiger charge is 2.57. The van der Waals surface area contributed by atoms with Gasteiger partial charge in [0.15, 0.2) is 6.16 Å². The number of Topliss-reactive ketones (excluding diaryl/α,β-unsaturated/α-hetero) is 1. The number of esters is 1. The highest BCUT2D eigenvalue weighted by molar-refractivity contribution is 7.96. The number of fused-ring (bicyclic) bond motifs is 1. The molecule has 0 radical (unpaired) electrons. The Morgan fingerprint density at radius 1 is 0.674 bits per heavy atom. The highest BCUT2D eigenvalue weighted by Crippen LogP contribution is 2.55. The van der Waals surface area contributed by atoms with Crippen LogP contribution in [-0.2, 0) is 20.9 Å². The molecule has 1 aliphatic rings. The normalized spacial score (nSPS) is 16.2. The van der Waals surface area contributed by atoms with Crippen LogP contribution >= 0.6 is 7.26 Å². The summed E-state index contributed by atoms with van der Waals surface area (Å²) in [5.74, 6) is -1.52. The van der Waals surface area contributed by atoms with Crippen LogP contribution in [0.4, 0.5) is 5.69 Å². The first-order valence-corrected chi connectivity index (χ1v) is 17.7. The molecular weight excluding hydrogens is 589 g/mol. The second kappa shape index (κ2) is 13.6. The number of unbranched alkanes of at least 4 members (excludes halogenated alkanes) is 1. The van der Waals surface area contributed by atoms with Crippen molar-refractivity contribution < 1.29 is 19.1 Å². The second-order valence-corrected chi connectivity index (χ2v) is 15.1. The molecular formula is C40H37NO4P+. The fourth-order valence-corrected chi connectivity index (χ4v) is 10.4. The Hall–Kier alpha value is -4.86. The lowest BCUT2D eigenvalue weighted by atomic mass is 9.82. The maximum absolute atomic E-state index is 14.7. The fourth-order valence-electron chi connectivity index (χ4n) is 6.44. The minimum Gasteiger partial charge on any atom is -0.438 e. The van der Waals surface area contributed by atoms with Crippen LogP contribution in [0.25, 0.3) is 0 Å². The van der Waals surface area contributed by atoms with Crippen molar-refractivity contribution in [2.75, 3.05) is 11.1 Å². The minimum atomic E-state index is -2.62. The molecule has 0 saturated heterocycles. The standard InChI is InChI=1S/C40H37NO4P/c1-2-3-28-40(38(43)35-26-16-17-27-36(35)41(39(40)44)29-31-18-8-4-9-19-31)45-37(42)30-46(32-20-10-5-11-21-32,33-22-12-6-13-23-33)34-24-14-7-15-25-34/h4-27H,2-3,28-30H2,1H3/q+1. The van der Waals surface area contributed by atoms with E-state index in [2.05, 4.69) is 36.4 Å². The first-order valence-electron chi connectivity index (χ1n) is 15.8. The number of ether oxygens (including phenoxy) is 1. The predicted molar refractivity (Wildman–Crippen MR) is 187 cm³/mol. The van der Waals surface area contributed by atoms with Crippen LogP contribution in [0.3, 0.4) is 0 Å². The van der Waals surface area contributed by atoms with Gasteiger partial charge in [0.1, 0.15) is 23.2 Å². The van der Waals surface area contributed by atoms with Crippen molar-refractivity contribution >= 4 is 46.5 Å². The number of benzene rings is 5. The van der Waals surface area contributed by atoms with Crippen molar-refractivity contribution in [1.82, 2.24) is 0 Å². The third-order valence-corrected chi connectivity index (χ3v) is 13.0. The molecule has 1 atom stereocenters. The lowest BCUT2D eigenvalue weighted by Gasteiger charge is -2.41. The number of anilines is 1. The molecule has 0 spiro atoms. The zero-order chi connectivity index (χ0) is 32.0. The molecule has 0 N–H and O–H groups in total. The number of carbonyl (C=O) groups is 3. The largest absolute Gasteiger partial charge is 0.438 e. The van der Waals surface area contributed by atoms with E-state index in [1.165, 1.54) is 0 Å². The highest BCUT2D eigenvalue weighted by atomic mass is 31.2. The van der Waals surface area contributed by atoms with Gasteiger partial charge in [-0.25, -0.2) is 4.79 Å². The SMILES string of the molecule is CCCCC1(OC(=O)C[P+](c2ccccc2)(c2ccccc2)c2ccccc2)C(=O)c2ccccc2N(Cc2ccccc2)C1=O. The first kappa shape index (κ1) is 31.1. The number of nitrogens with zero attached hydrogens (tertiary/aromatic N) is 1. The molecule has 5 aromatic rings. The van der Waals surface area contributed by atoms with E-state index in [0.717, 1.165) is 27.9 Å². The van der Waals surface area contributed by atoms with Gasteiger partial charge in [0.2, 0.25) is 5.78 Å². The van der Waals surface area contributed by atoms with Gasteiger partial charge in [-0.1, -0.05) is 110 Å². The van der Waals surface area contributed by atoms with Crippen molar-refractivity contribution in [3.8, 4) is 0 Å². The quantitative estimate of drug-likeness (QED) is 0.0911. The number of hydrogen-bond donors (Lipinski definition) is 0. The molecule has 5 aromatic carbocycles. The first-order chi connectivity index (χ1) is 22.5. The molecule has 6 heteroatoms. The van der Waals surface area contributed by atoms with Crippen LogP contribution in [0.2, 0.25) is 0 Å². The molecule has 0 aromatic heterocycles. The van der Waals surface area contributed by atoms with E-state index in [9.17, 15) is 14.4 Å². The summed E-state index contributed by atoms with van der Waals surface area (Å²) in [6.45, 7) is 2.25. The van der Waals surface area contributed by atoms with Crippen LogP contribution < -0.4 is 20.8 Å². The smallest absolute Gasteiger partial charge is 0.346 e. The molecule has 230 valence electrons. The molecule has 0 saturated carbocycles. The third kappa shape index (κ3) is 5.79.